The number of rotatable bonds is 6. The van der Waals surface area contributed by atoms with Gasteiger partial charge in [0.05, 0.1) is 23.8 Å². The van der Waals surface area contributed by atoms with Gasteiger partial charge < -0.3 is 0 Å². The quantitative estimate of drug-likeness (QED) is 0.294. The van der Waals surface area contributed by atoms with E-state index in [9.17, 15) is 0 Å². The molecule has 0 fully saturated rings. The Morgan fingerprint density at radius 3 is 1.57 bits per heavy atom. The Hall–Kier alpha value is -4.77. The first-order valence-corrected chi connectivity index (χ1v) is 11.6. The predicted octanol–water partition coefficient (Wildman–Crippen LogP) is 6.38. The first-order valence-electron chi connectivity index (χ1n) is 11.6. The molecule has 0 N–H and O–H groups in total. The highest BCUT2D eigenvalue weighted by molar-refractivity contribution is 5.72. The van der Waals surface area contributed by atoms with Crippen molar-refractivity contribution in [3.63, 3.8) is 0 Å². The van der Waals surface area contributed by atoms with Crippen LogP contribution in [-0.4, -0.2) is 24.8 Å². The molecule has 0 aliphatic carbocycles. The van der Waals surface area contributed by atoms with E-state index in [0.717, 1.165) is 17.8 Å². The molecule has 0 bridgehead atoms. The van der Waals surface area contributed by atoms with E-state index in [2.05, 4.69) is 112 Å². The molecule has 5 heteroatoms. The molecule has 0 radical (unpaired) electrons. The minimum absolute atomic E-state index is 0.843. The second-order valence-corrected chi connectivity index (χ2v) is 8.35. The van der Waals surface area contributed by atoms with E-state index in [1.54, 1.807) is 23.4 Å². The summed E-state index contributed by atoms with van der Waals surface area (Å²) in [5.41, 5.74) is 9.44. The average molecular weight is 454 g/mol. The van der Waals surface area contributed by atoms with E-state index in [1.165, 1.54) is 33.4 Å². The summed E-state index contributed by atoms with van der Waals surface area (Å²) >= 11 is 0. The molecule has 5 nitrogen and oxygen atoms in total. The Morgan fingerprint density at radius 2 is 1.03 bits per heavy atom. The Morgan fingerprint density at radius 1 is 0.486 bits per heavy atom. The summed E-state index contributed by atoms with van der Waals surface area (Å²) in [5, 5.41) is 12.8. The van der Waals surface area contributed by atoms with Gasteiger partial charge in [-0.2, -0.15) is 20.1 Å². The molecular weight excluding hydrogens is 430 g/mol. The van der Waals surface area contributed by atoms with Crippen LogP contribution in [0.2, 0.25) is 0 Å². The highest BCUT2D eigenvalue weighted by atomic mass is 15.5. The van der Waals surface area contributed by atoms with Gasteiger partial charge in [-0.05, 0) is 70.1 Å². The van der Waals surface area contributed by atoms with Gasteiger partial charge in [0.15, 0.2) is 0 Å². The fourth-order valence-electron chi connectivity index (χ4n) is 4.46. The van der Waals surface area contributed by atoms with Crippen molar-refractivity contribution in [1.29, 1.82) is 0 Å². The lowest BCUT2D eigenvalue weighted by molar-refractivity contribution is 0.752. The lowest BCUT2D eigenvalue weighted by Gasteiger charge is -2.14. The molecule has 0 unspecified atom stereocenters. The lowest BCUT2D eigenvalue weighted by atomic mass is 9.91. The van der Waals surface area contributed by atoms with Gasteiger partial charge in [0, 0.05) is 12.4 Å². The Labute approximate surface area is 203 Å². The van der Waals surface area contributed by atoms with Crippen molar-refractivity contribution in [1.82, 2.24) is 24.8 Å². The minimum atomic E-state index is 0.843. The summed E-state index contributed by atoms with van der Waals surface area (Å²) in [4.78, 5) is 1.63. The van der Waals surface area contributed by atoms with Crippen LogP contribution in [0.15, 0.2) is 128 Å². The molecule has 2 heterocycles. The van der Waals surface area contributed by atoms with E-state index in [-0.39, 0.29) is 0 Å². The third-order valence-corrected chi connectivity index (χ3v) is 6.19. The lowest BCUT2D eigenvalue weighted by Crippen LogP contribution is -1.98. The minimum Gasteiger partial charge on any atom is -0.241 e. The molecule has 0 atom stereocenters. The summed E-state index contributed by atoms with van der Waals surface area (Å²) in [7, 11) is 0. The SMILES string of the molecule is c1ccc(-c2ccc(-n3cccn3)cc2)c(Cc2ccccc2-c2ccc(-n3nccn3)cc2)c1. The first kappa shape index (κ1) is 20.8. The number of benzene rings is 4. The van der Waals surface area contributed by atoms with Crippen LogP contribution in [0.3, 0.4) is 0 Å². The number of aromatic nitrogens is 5. The van der Waals surface area contributed by atoms with Gasteiger partial charge in [-0.15, -0.1) is 0 Å². The van der Waals surface area contributed by atoms with Crippen LogP contribution >= 0.6 is 0 Å². The number of nitrogens with zero attached hydrogens (tertiary/aromatic N) is 5. The van der Waals surface area contributed by atoms with E-state index < -0.39 is 0 Å². The summed E-state index contributed by atoms with van der Waals surface area (Å²) in [6.45, 7) is 0. The molecule has 0 amide bonds. The monoisotopic (exact) mass is 453 g/mol. The van der Waals surface area contributed by atoms with Crippen LogP contribution in [0.1, 0.15) is 11.1 Å². The Bertz CT molecular complexity index is 1410. The second kappa shape index (κ2) is 9.23. The zero-order valence-electron chi connectivity index (χ0n) is 19.1. The van der Waals surface area contributed by atoms with Gasteiger partial charge in [0.25, 0.3) is 0 Å². The smallest absolute Gasteiger partial charge is 0.0857 e. The molecule has 35 heavy (non-hydrogen) atoms. The van der Waals surface area contributed by atoms with Crippen molar-refractivity contribution in [2.24, 2.45) is 0 Å². The first-order chi connectivity index (χ1) is 17.3. The molecule has 6 rings (SSSR count). The molecule has 168 valence electrons. The molecule has 4 aromatic carbocycles. The van der Waals surface area contributed by atoms with Crippen molar-refractivity contribution >= 4 is 0 Å². The fraction of sp³-hybridized carbons (Fsp3) is 0.0333. The Kier molecular flexibility index (Phi) is 5.49. The summed E-state index contributed by atoms with van der Waals surface area (Å²) in [6.07, 6.45) is 7.97. The third-order valence-electron chi connectivity index (χ3n) is 6.19. The Balaban J connectivity index is 1.31. The average Bonchev–Trinajstić information content (AvgIpc) is 3.65. The van der Waals surface area contributed by atoms with Crippen LogP contribution in [0, 0.1) is 0 Å². The molecule has 0 aliphatic rings. The van der Waals surface area contributed by atoms with Gasteiger partial charge in [-0.1, -0.05) is 72.8 Å². The maximum atomic E-state index is 4.33. The largest absolute Gasteiger partial charge is 0.241 e. The van der Waals surface area contributed by atoms with E-state index in [1.807, 2.05) is 16.9 Å². The molecule has 6 aromatic rings. The van der Waals surface area contributed by atoms with Gasteiger partial charge in [0.1, 0.15) is 0 Å². The van der Waals surface area contributed by atoms with Crippen molar-refractivity contribution in [2.75, 3.05) is 0 Å². The summed E-state index contributed by atoms with van der Waals surface area (Å²) in [5.74, 6) is 0. The van der Waals surface area contributed by atoms with E-state index in [4.69, 9.17) is 0 Å². The second-order valence-electron chi connectivity index (χ2n) is 8.35. The molecular formula is C30H23N5. The molecule has 0 aliphatic heterocycles. The van der Waals surface area contributed by atoms with Crippen molar-refractivity contribution in [2.45, 2.75) is 6.42 Å². The molecule has 0 saturated carbocycles. The zero-order valence-corrected chi connectivity index (χ0v) is 19.1. The van der Waals surface area contributed by atoms with Gasteiger partial charge >= 0.3 is 0 Å². The maximum absolute atomic E-state index is 4.33. The molecule has 0 saturated heterocycles. The highest BCUT2D eigenvalue weighted by Gasteiger charge is 2.11. The molecule has 2 aromatic heterocycles. The van der Waals surface area contributed by atoms with E-state index in [0.29, 0.717) is 0 Å². The number of hydrogen-bond donors (Lipinski definition) is 0. The summed E-state index contributed by atoms with van der Waals surface area (Å²) < 4.78 is 1.87. The third kappa shape index (κ3) is 4.27. The summed E-state index contributed by atoms with van der Waals surface area (Å²) in [6, 6.07) is 36.2. The van der Waals surface area contributed by atoms with Crippen molar-refractivity contribution in [3.8, 4) is 33.6 Å². The fourth-order valence-corrected chi connectivity index (χ4v) is 4.46. The van der Waals surface area contributed by atoms with Crippen LogP contribution in [-0.2, 0) is 6.42 Å². The number of hydrogen-bond acceptors (Lipinski definition) is 3. The van der Waals surface area contributed by atoms with Crippen LogP contribution in [0.4, 0.5) is 0 Å². The maximum Gasteiger partial charge on any atom is 0.0857 e. The normalized spacial score (nSPS) is 11.0. The standard InChI is InChI=1S/C30H23N5/c1-3-8-29(23-10-14-27(15-11-23)34-21-5-18-31-34)25(6-1)22-26-7-2-4-9-30(26)24-12-16-28(17-13-24)35-32-19-20-33-35/h1-21H,22H2. The predicted molar refractivity (Wildman–Crippen MR) is 139 cm³/mol. The topological polar surface area (TPSA) is 48.5 Å². The van der Waals surface area contributed by atoms with Crippen molar-refractivity contribution in [3.05, 3.63) is 139 Å². The van der Waals surface area contributed by atoms with Gasteiger partial charge in [0.2, 0.25) is 0 Å². The van der Waals surface area contributed by atoms with Gasteiger partial charge in [-0.3, -0.25) is 0 Å². The highest BCUT2D eigenvalue weighted by Crippen LogP contribution is 2.31. The van der Waals surface area contributed by atoms with Crippen LogP contribution in [0.25, 0.3) is 33.6 Å². The molecule has 0 spiro atoms. The van der Waals surface area contributed by atoms with Crippen molar-refractivity contribution < 1.29 is 0 Å². The van der Waals surface area contributed by atoms with Crippen LogP contribution < -0.4 is 0 Å². The zero-order chi connectivity index (χ0) is 23.5. The van der Waals surface area contributed by atoms with Crippen LogP contribution in [0.5, 0.6) is 0 Å². The van der Waals surface area contributed by atoms with E-state index >= 15 is 0 Å². The van der Waals surface area contributed by atoms with Gasteiger partial charge in [-0.25, -0.2) is 4.68 Å².